The Morgan fingerprint density at radius 3 is 2.76 bits per heavy atom. The summed E-state index contributed by atoms with van der Waals surface area (Å²) < 4.78 is 1.40. The first-order valence-corrected chi connectivity index (χ1v) is 7.15. The first-order chi connectivity index (χ1) is 10.1. The fraction of sp³-hybridized carbons (Fsp3) is 0.692. The zero-order valence-corrected chi connectivity index (χ0v) is 11.8. The summed E-state index contributed by atoms with van der Waals surface area (Å²) in [5.41, 5.74) is -0.0715. The van der Waals surface area contributed by atoms with E-state index in [9.17, 15) is 14.9 Å². The molecule has 0 aliphatic heterocycles. The van der Waals surface area contributed by atoms with Crippen LogP contribution in [0.25, 0.3) is 0 Å². The van der Waals surface area contributed by atoms with E-state index < -0.39 is 4.92 Å². The van der Waals surface area contributed by atoms with Crippen LogP contribution in [0.15, 0.2) is 12.4 Å². The van der Waals surface area contributed by atoms with Gasteiger partial charge in [-0.3, -0.25) is 19.6 Å². The van der Waals surface area contributed by atoms with E-state index >= 15 is 0 Å². The molecule has 116 valence electrons. The number of aryl methyl sites for hydroxylation is 1. The van der Waals surface area contributed by atoms with Crippen molar-refractivity contribution in [3.8, 4) is 0 Å². The molecule has 0 unspecified atom stereocenters. The molecule has 0 bridgehead atoms. The number of nitrogens with one attached hydrogen (secondary N) is 1. The van der Waals surface area contributed by atoms with Gasteiger partial charge in [-0.1, -0.05) is 0 Å². The maximum atomic E-state index is 11.8. The van der Waals surface area contributed by atoms with Crippen LogP contribution in [0.1, 0.15) is 32.1 Å². The van der Waals surface area contributed by atoms with Gasteiger partial charge in [-0.05, 0) is 31.6 Å². The van der Waals surface area contributed by atoms with Crippen molar-refractivity contribution in [1.82, 2.24) is 15.1 Å². The Hall–Kier alpha value is -1.96. The lowest BCUT2D eigenvalue weighted by molar-refractivity contribution is -0.385. The number of carbonyl (C=O) groups excluding carboxylic acids is 1. The van der Waals surface area contributed by atoms with E-state index in [0.29, 0.717) is 12.5 Å². The van der Waals surface area contributed by atoms with Crippen LogP contribution in [0, 0.1) is 16.0 Å². The van der Waals surface area contributed by atoms with Gasteiger partial charge in [0, 0.05) is 25.6 Å². The van der Waals surface area contributed by atoms with E-state index in [2.05, 4.69) is 10.4 Å². The Bertz CT molecular complexity index is 494. The lowest BCUT2D eigenvalue weighted by Crippen LogP contribution is -2.38. The third-order valence-electron chi connectivity index (χ3n) is 3.87. The maximum absolute atomic E-state index is 11.8. The van der Waals surface area contributed by atoms with Crippen molar-refractivity contribution < 1.29 is 14.8 Å². The summed E-state index contributed by atoms with van der Waals surface area (Å²) in [6.45, 7) is 0.546. The van der Waals surface area contributed by atoms with E-state index in [4.69, 9.17) is 5.11 Å². The Kier molecular flexibility index (Phi) is 5.26. The SMILES string of the molecule is O=C(CCn1cc([N+](=O)[O-])cn1)NC1CCC(CO)CC1. The summed E-state index contributed by atoms with van der Waals surface area (Å²) in [7, 11) is 0. The predicted molar refractivity (Wildman–Crippen MR) is 74.5 cm³/mol. The minimum atomic E-state index is -0.511. The molecule has 2 N–H and O–H groups in total. The summed E-state index contributed by atoms with van der Waals surface area (Å²) in [6.07, 6.45) is 6.40. The molecule has 0 aromatic carbocycles. The van der Waals surface area contributed by atoms with E-state index in [1.807, 2.05) is 0 Å². The predicted octanol–water partition coefficient (Wildman–Crippen LogP) is 0.849. The zero-order chi connectivity index (χ0) is 15.2. The van der Waals surface area contributed by atoms with Gasteiger partial charge in [-0.2, -0.15) is 5.10 Å². The molecule has 1 aromatic heterocycles. The van der Waals surface area contributed by atoms with Gasteiger partial charge in [0.05, 0.1) is 4.92 Å². The number of nitrogens with zero attached hydrogens (tertiary/aromatic N) is 3. The van der Waals surface area contributed by atoms with Gasteiger partial charge >= 0.3 is 5.69 Å². The number of aromatic nitrogens is 2. The molecule has 0 atom stereocenters. The molecule has 1 aliphatic rings. The Morgan fingerprint density at radius 1 is 1.48 bits per heavy atom. The summed E-state index contributed by atoms with van der Waals surface area (Å²) >= 11 is 0. The third-order valence-corrected chi connectivity index (χ3v) is 3.87. The van der Waals surface area contributed by atoms with Crippen molar-refractivity contribution >= 4 is 11.6 Å². The molecule has 0 radical (unpaired) electrons. The van der Waals surface area contributed by atoms with Gasteiger partial charge in [-0.25, -0.2) is 0 Å². The number of hydrogen-bond acceptors (Lipinski definition) is 5. The molecule has 2 rings (SSSR count). The quantitative estimate of drug-likeness (QED) is 0.597. The van der Waals surface area contributed by atoms with Crippen molar-refractivity contribution in [2.75, 3.05) is 6.61 Å². The fourth-order valence-corrected chi connectivity index (χ4v) is 2.57. The molecular weight excluding hydrogens is 276 g/mol. The highest BCUT2D eigenvalue weighted by atomic mass is 16.6. The van der Waals surface area contributed by atoms with Crippen LogP contribution in [0.3, 0.4) is 0 Å². The largest absolute Gasteiger partial charge is 0.396 e. The van der Waals surface area contributed by atoms with Gasteiger partial charge < -0.3 is 10.4 Å². The number of rotatable bonds is 6. The average Bonchev–Trinajstić information content (AvgIpc) is 2.95. The van der Waals surface area contributed by atoms with Crippen LogP contribution >= 0.6 is 0 Å². The van der Waals surface area contributed by atoms with Crippen molar-refractivity contribution in [2.45, 2.75) is 44.7 Å². The maximum Gasteiger partial charge on any atom is 0.306 e. The van der Waals surface area contributed by atoms with Crippen LogP contribution in [0.2, 0.25) is 0 Å². The van der Waals surface area contributed by atoms with Gasteiger partial charge in [0.25, 0.3) is 0 Å². The first kappa shape index (κ1) is 15.4. The highest BCUT2D eigenvalue weighted by Gasteiger charge is 2.21. The molecular formula is C13H20N4O4. The summed E-state index contributed by atoms with van der Waals surface area (Å²) in [6, 6.07) is 0.173. The lowest BCUT2D eigenvalue weighted by atomic mass is 9.86. The van der Waals surface area contributed by atoms with Crippen molar-refractivity contribution in [2.24, 2.45) is 5.92 Å². The van der Waals surface area contributed by atoms with Gasteiger partial charge in [0.1, 0.15) is 12.4 Å². The number of amides is 1. The Balaban J connectivity index is 1.71. The number of carbonyl (C=O) groups is 1. The molecule has 0 spiro atoms. The van der Waals surface area contributed by atoms with E-state index in [1.165, 1.54) is 17.1 Å². The normalized spacial score (nSPS) is 22.0. The van der Waals surface area contributed by atoms with Gasteiger partial charge in [0.15, 0.2) is 0 Å². The number of hydrogen-bond donors (Lipinski definition) is 2. The molecule has 21 heavy (non-hydrogen) atoms. The zero-order valence-electron chi connectivity index (χ0n) is 11.8. The fourth-order valence-electron chi connectivity index (χ4n) is 2.57. The molecule has 8 nitrogen and oxygen atoms in total. The van der Waals surface area contributed by atoms with E-state index in [-0.39, 0.29) is 30.7 Å². The number of nitro groups is 1. The summed E-state index contributed by atoms with van der Waals surface area (Å²) in [4.78, 5) is 21.9. The minimum absolute atomic E-state index is 0.0689. The van der Waals surface area contributed by atoms with E-state index in [1.54, 1.807) is 0 Å². The van der Waals surface area contributed by atoms with Crippen molar-refractivity contribution in [1.29, 1.82) is 0 Å². The summed E-state index contributed by atoms with van der Waals surface area (Å²) in [5.74, 6) is 0.295. The van der Waals surface area contributed by atoms with E-state index in [0.717, 1.165) is 25.7 Å². The summed E-state index contributed by atoms with van der Waals surface area (Å²) in [5, 5.41) is 26.4. The van der Waals surface area contributed by atoms with Gasteiger partial charge in [0.2, 0.25) is 5.91 Å². The smallest absolute Gasteiger partial charge is 0.306 e. The third kappa shape index (κ3) is 4.52. The highest BCUT2D eigenvalue weighted by Crippen LogP contribution is 2.23. The minimum Gasteiger partial charge on any atom is -0.396 e. The van der Waals surface area contributed by atoms with Crippen molar-refractivity contribution in [3.05, 3.63) is 22.5 Å². The number of aliphatic hydroxyl groups excluding tert-OH is 1. The topological polar surface area (TPSA) is 110 Å². The van der Waals surface area contributed by atoms with Crippen molar-refractivity contribution in [3.63, 3.8) is 0 Å². The Morgan fingerprint density at radius 2 is 2.19 bits per heavy atom. The van der Waals surface area contributed by atoms with Crippen LogP contribution in [0.4, 0.5) is 5.69 Å². The molecule has 1 aromatic rings. The van der Waals surface area contributed by atoms with Crippen LogP contribution in [0.5, 0.6) is 0 Å². The molecule has 1 saturated carbocycles. The molecule has 1 heterocycles. The monoisotopic (exact) mass is 296 g/mol. The second-order valence-electron chi connectivity index (χ2n) is 5.44. The molecule has 8 heteroatoms. The molecule has 1 aliphatic carbocycles. The standard InChI is InChI=1S/C13H20N4O4/c18-9-10-1-3-11(4-2-10)15-13(19)5-6-16-8-12(7-14-16)17(20)21/h7-8,10-11,18H,1-6,9H2,(H,15,19). The molecule has 1 amide bonds. The number of aliphatic hydroxyl groups is 1. The second kappa shape index (κ2) is 7.16. The average molecular weight is 296 g/mol. The van der Waals surface area contributed by atoms with Crippen LogP contribution in [-0.2, 0) is 11.3 Å². The van der Waals surface area contributed by atoms with Crippen LogP contribution in [-0.4, -0.2) is 38.4 Å². The lowest BCUT2D eigenvalue weighted by Gasteiger charge is -2.27. The van der Waals surface area contributed by atoms with Gasteiger partial charge in [-0.15, -0.1) is 0 Å². The second-order valence-corrected chi connectivity index (χ2v) is 5.44. The highest BCUT2D eigenvalue weighted by molar-refractivity contribution is 5.76. The molecule has 0 saturated heterocycles. The Labute approximate surface area is 122 Å². The van der Waals surface area contributed by atoms with Crippen LogP contribution < -0.4 is 5.32 Å². The molecule has 1 fully saturated rings. The first-order valence-electron chi connectivity index (χ1n) is 7.15.